The van der Waals surface area contributed by atoms with Gasteiger partial charge in [-0.1, -0.05) is 44.2 Å². The first kappa shape index (κ1) is 22.8. The van der Waals surface area contributed by atoms with Gasteiger partial charge in [-0.25, -0.2) is 8.42 Å². The van der Waals surface area contributed by atoms with Crippen LogP contribution in [-0.2, 0) is 10.0 Å². The third kappa shape index (κ3) is 6.06. The predicted octanol–water partition coefficient (Wildman–Crippen LogP) is 6.12. The van der Waals surface area contributed by atoms with Crippen LogP contribution in [0.2, 0.25) is 0 Å². The van der Waals surface area contributed by atoms with Crippen molar-refractivity contribution in [2.24, 2.45) is 0 Å². The monoisotopic (exact) mass is 453 g/mol. The van der Waals surface area contributed by atoms with E-state index in [4.69, 9.17) is 12.2 Å². The fourth-order valence-electron chi connectivity index (χ4n) is 3.03. The molecular formula is C24H27N3O2S2. The Bertz CT molecular complexity index is 1140. The van der Waals surface area contributed by atoms with Crippen LogP contribution in [0.1, 0.15) is 37.3 Å². The minimum Gasteiger partial charge on any atom is -0.332 e. The van der Waals surface area contributed by atoms with E-state index in [-0.39, 0.29) is 4.90 Å². The van der Waals surface area contributed by atoms with Crippen molar-refractivity contribution in [2.45, 2.75) is 38.0 Å². The second-order valence-electron chi connectivity index (χ2n) is 7.46. The third-order valence-corrected chi connectivity index (χ3v) is 6.75. The third-order valence-electron chi connectivity index (χ3n) is 5.16. The number of rotatable bonds is 7. The Balaban J connectivity index is 1.62. The fourth-order valence-corrected chi connectivity index (χ4v) is 4.40. The molecule has 7 heteroatoms. The highest BCUT2D eigenvalue weighted by atomic mass is 32.2. The summed E-state index contributed by atoms with van der Waals surface area (Å²) in [6.07, 6.45) is 1.10. The largest absolute Gasteiger partial charge is 0.332 e. The number of nitrogens with one attached hydrogen (secondary N) is 3. The lowest BCUT2D eigenvalue weighted by Crippen LogP contribution is -2.19. The number of hydrogen-bond donors (Lipinski definition) is 3. The van der Waals surface area contributed by atoms with Gasteiger partial charge in [0.2, 0.25) is 0 Å². The molecule has 162 valence electrons. The summed E-state index contributed by atoms with van der Waals surface area (Å²) in [6.45, 7) is 6.23. The molecule has 0 saturated carbocycles. The molecular weight excluding hydrogens is 426 g/mol. The van der Waals surface area contributed by atoms with Crippen LogP contribution in [0, 0.1) is 6.92 Å². The minimum atomic E-state index is -3.67. The van der Waals surface area contributed by atoms with E-state index in [0.29, 0.717) is 22.4 Å². The Morgan fingerprint density at radius 3 is 2.00 bits per heavy atom. The van der Waals surface area contributed by atoms with Gasteiger partial charge in [0, 0.05) is 11.4 Å². The van der Waals surface area contributed by atoms with Crippen LogP contribution in [0.4, 0.5) is 17.1 Å². The van der Waals surface area contributed by atoms with Crippen LogP contribution in [0.5, 0.6) is 0 Å². The smallest absolute Gasteiger partial charge is 0.261 e. The van der Waals surface area contributed by atoms with Crippen LogP contribution in [-0.4, -0.2) is 13.5 Å². The zero-order valence-electron chi connectivity index (χ0n) is 17.8. The van der Waals surface area contributed by atoms with Gasteiger partial charge in [0.15, 0.2) is 5.11 Å². The summed E-state index contributed by atoms with van der Waals surface area (Å²) < 4.78 is 27.9. The Kier molecular flexibility index (Phi) is 7.30. The Morgan fingerprint density at radius 2 is 1.45 bits per heavy atom. The van der Waals surface area contributed by atoms with Crippen molar-refractivity contribution < 1.29 is 8.42 Å². The molecule has 3 N–H and O–H groups in total. The lowest BCUT2D eigenvalue weighted by atomic mass is 9.99. The first-order valence-electron chi connectivity index (χ1n) is 10.1. The average Bonchev–Trinajstić information content (AvgIpc) is 2.75. The van der Waals surface area contributed by atoms with Crippen LogP contribution in [0.15, 0.2) is 77.7 Å². The highest BCUT2D eigenvalue weighted by molar-refractivity contribution is 7.92. The first-order chi connectivity index (χ1) is 14.8. The predicted molar refractivity (Wildman–Crippen MR) is 133 cm³/mol. The van der Waals surface area contributed by atoms with E-state index in [1.54, 1.807) is 36.4 Å². The molecule has 3 rings (SSSR count). The molecule has 0 unspecified atom stereocenters. The zero-order valence-corrected chi connectivity index (χ0v) is 19.5. The molecule has 0 spiro atoms. The molecule has 0 amide bonds. The Hall–Kier alpha value is -2.90. The fraction of sp³-hybridized carbons (Fsp3) is 0.208. The molecule has 0 fully saturated rings. The van der Waals surface area contributed by atoms with E-state index < -0.39 is 10.0 Å². The van der Waals surface area contributed by atoms with Crippen molar-refractivity contribution in [3.8, 4) is 0 Å². The highest BCUT2D eigenvalue weighted by Crippen LogP contribution is 2.22. The summed E-state index contributed by atoms with van der Waals surface area (Å²) in [4.78, 5) is 0.181. The Labute approximate surface area is 190 Å². The quantitative estimate of drug-likeness (QED) is 0.376. The maximum atomic E-state index is 12.7. The van der Waals surface area contributed by atoms with Crippen molar-refractivity contribution in [1.82, 2.24) is 0 Å². The molecule has 0 aromatic heterocycles. The number of hydrogen-bond acceptors (Lipinski definition) is 3. The lowest BCUT2D eigenvalue weighted by molar-refractivity contribution is 0.601. The van der Waals surface area contributed by atoms with Gasteiger partial charge in [0.25, 0.3) is 10.0 Å². The molecule has 0 aliphatic rings. The van der Waals surface area contributed by atoms with Crippen molar-refractivity contribution in [3.63, 3.8) is 0 Å². The number of sulfonamides is 1. The van der Waals surface area contributed by atoms with Gasteiger partial charge in [-0.3, -0.25) is 4.72 Å². The second kappa shape index (κ2) is 9.94. The normalized spacial score (nSPS) is 12.1. The summed E-state index contributed by atoms with van der Waals surface area (Å²) in [5.41, 5.74) is 4.31. The first-order valence-corrected chi connectivity index (χ1v) is 12.0. The Morgan fingerprint density at radius 1 is 0.903 bits per heavy atom. The highest BCUT2D eigenvalue weighted by Gasteiger charge is 2.15. The number of aryl methyl sites for hydroxylation is 1. The average molecular weight is 454 g/mol. The minimum absolute atomic E-state index is 0.181. The molecule has 0 bridgehead atoms. The van der Waals surface area contributed by atoms with E-state index in [2.05, 4.69) is 41.3 Å². The summed E-state index contributed by atoms with van der Waals surface area (Å²) in [7, 11) is -3.67. The number of para-hydroxylation sites is 1. The number of benzene rings is 3. The summed E-state index contributed by atoms with van der Waals surface area (Å²) in [6, 6.07) is 21.9. The van der Waals surface area contributed by atoms with Gasteiger partial charge >= 0.3 is 0 Å². The summed E-state index contributed by atoms with van der Waals surface area (Å²) in [5, 5.41) is 6.66. The molecule has 1 atom stereocenters. The van der Waals surface area contributed by atoms with Gasteiger partial charge in [-0.05, 0) is 85.1 Å². The second-order valence-corrected chi connectivity index (χ2v) is 9.55. The maximum absolute atomic E-state index is 12.7. The van der Waals surface area contributed by atoms with Crippen LogP contribution in [0.25, 0.3) is 0 Å². The number of anilines is 3. The maximum Gasteiger partial charge on any atom is 0.261 e. The van der Waals surface area contributed by atoms with E-state index in [9.17, 15) is 8.42 Å². The molecule has 0 aliphatic carbocycles. The molecule has 0 radical (unpaired) electrons. The van der Waals surface area contributed by atoms with Gasteiger partial charge < -0.3 is 10.6 Å². The molecule has 3 aromatic rings. The topological polar surface area (TPSA) is 70.2 Å². The summed E-state index contributed by atoms with van der Waals surface area (Å²) >= 11 is 5.38. The standard InChI is InChI=1S/C24H27N3O2S2/c1-4-17(2)19-9-11-20(12-10-19)25-24(30)26-21-13-15-22(16-14-21)31(28,29)27-23-8-6-5-7-18(23)3/h5-17,27H,4H2,1-3H3,(H2,25,26,30)/t17-/m0/s1. The SMILES string of the molecule is CC[C@H](C)c1ccc(NC(=S)Nc2ccc(S(=O)(=O)Nc3ccccc3C)cc2)cc1. The van der Waals surface area contributed by atoms with E-state index in [0.717, 1.165) is 17.7 Å². The van der Waals surface area contributed by atoms with E-state index >= 15 is 0 Å². The van der Waals surface area contributed by atoms with Crippen molar-refractivity contribution in [2.75, 3.05) is 15.4 Å². The van der Waals surface area contributed by atoms with Crippen LogP contribution < -0.4 is 15.4 Å². The molecule has 3 aromatic carbocycles. The van der Waals surface area contributed by atoms with Gasteiger partial charge in [-0.2, -0.15) is 0 Å². The molecule has 0 heterocycles. The number of thiocarbonyl (C=S) groups is 1. The van der Waals surface area contributed by atoms with Crippen molar-refractivity contribution >= 4 is 44.4 Å². The summed E-state index contributed by atoms with van der Waals surface area (Å²) in [5.74, 6) is 0.522. The molecule has 0 aliphatic heterocycles. The van der Waals surface area contributed by atoms with Gasteiger partial charge in [-0.15, -0.1) is 0 Å². The zero-order chi connectivity index (χ0) is 22.4. The van der Waals surface area contributed by atoms with Crippen LogP contribution >= 0.6 is 12.2 Å². The molecule has 5 nitrogen and oxygen atoms in total. The van der Waals surface area contributed by atoms with Crippen molar-refractivity contribution in [3.05, 3.63) is 83.9 Å². The van der Waals surface area contributed by atoms with E-state index in [1.807, 2.05) is 31.2 Å². The molecule has 31 heavy (non-hydrogen) atoms. The van der Waals surface area contributed by atoms with E-state index in [1.165, 1.54) is 5.56 Å². The van der Waals surface area contributed by atoms with Gasteiger partial charge in [0.05, 0.1) is 10.6 Å². The van der Waals surface area contributed by atoms with Crippen molar-refractivity contribution in [1.29, 1.82) is 0 Å². The van der Waals surface area contributed by atoms with Gasteiger partial charge in [0.1, 0.15) is 0 Å². The lowest BCUT2D eigenvalue weighted by Gasteiger charge is -2.14. The molecule has 0 saturated heterocycles. The van der Waals surface area contributed by atoms with Crippen LogP contribution in [0.3, 0.4) is 0 Å².